The molecular weight excluding hydrogens is 244 g/mol. The Balaban J connectivity index is 2.10. The molecule has 0 unspecified atom stereocenters. The molecule has 1 aliphatic heterocycles. The summed E-state index contributed by atoms with van der Waals surface area (Å²) in [6.45, 7) is 4.18. The van der Waals surface area contributed by atoms with Gasteiger partial charge in [0.05, 0.1) is 18.8 Å². The van der Waals surface area contributed by atoms with E-state index in [1.807, 2.05) is 0 Å². The van der Waals surface area contributed by atoms with Gasteiger partial charge in [0, 0.05) is 36.6 Å². The van der Waals surface area contributed by atoms with Crippen molar-refractivity contribution in [2.75, 3.05) is 44.3 Å². The summed E-state index contributed by atoms with van der Waals surface area (Å²) in [5.74, 6) is -0.523. The molecule has 2 rings (SSSR count). The fourth-order valence-electron chi connectivity index (χ4n) is 2.27. The first-order valence-electron chi connectivity index (χ1n) is 6.36. The van der Waals surface area contributed by atoms with E-state index in [-0.39, 0.29) is 0 Å². The van der Waals surface area contributed by atoms with Gasteiger partial charge >= 0.3 is 0 Å². The van der Waals surface area contributed by atoms with Gasteiger partial charge in [-0.2, -0.15) is 0 Å². The number of morpholine rings is 1. The summed E-state index contributed by atoms with van der Waals surface area (Å²) < 4.78 is 5.30. The number of ether oxygens (including phenoxy) is 1. The van der Waals surface area contributed by atoms with Gasteiger partial charge < -0.3 is 21.9 Å². The standard InChI is InChI=1S/C13H20N4O2/c14-11-2-1-10(13(16)18)12(15)9(11)3-4-17-5-7-19-8-6-17/h1-2H,3-8,14-15H2,(H2,16,18). The van der Waals surface area contributed by atoms with Gasteiger partial charge in [-0.25, -0.2) is 0 Å². The van der Waals surface area contributed by atoms with Crippen molar-refractivity contribution in [2.45, 2.75) is 6.42 Å². The zero-order valence-corrected chi connectivity index (χ0v) is 10.9. The zero-order valence-electron chi connectivity index (χ0n) is 10.9. The molecule has 19 heavy (non-hydrogen) atoms. The van der Waals surface area contributed by atoms with Crippen molar-refractivity contribution >= 4 is 17.3 Å². The molecule has 1 aromatic carbocycles. The lowest BCUT2D eigenvalue weighted by molar-refractivity contribution is 0.0385. The molecule has 1 aliphatic rings. The Morgan fingerprint density at radius 3 is 2.58 bits per heavy atom. The summed E-state index contributed by atoms with van der Waals surface area (Å²) in [7, 11) is 0. The van der Waals surface area contributed by atoms with Gasteiger partial charge in [-0.05, 0) is 18.6 Å². The monoisotopic (exact) mass is 264 g/mol. The average Bonchev–Trinajstić information content (AvgIpc) is 2.39. The fraction of sp³-hybridized carbons (Fsp3) is 0.462. The van der Waals surface area contributed by atoms with E-state index in [1.54, 1.807) is 12.1 Å². The first-order valence-corrected chi connectivity index (χ1v) is 6.36. The highest BCUT2D eigenvalue weighted by molar-refractivity contribution is 5.99. The molecule has 1 fully saturated rings. The van der Waals surface area contributed by atoms with Crippen LogP contribution in [0.3, 0.4) is 0 Å². The van der Waals surface area contributed by atoms with Crippen LogP contribution in [-0.4, -0.2) is 43.7 Å². The van der Waals surface area contributed by atoms with E-state index in [2.05, 4.69) is 4.90 Å². The van der Waals surface area contributed by atoms with Gasteiger partial charge in [-0.1, -0.05) is 0 Å². The summed E-state index contributed by atoms with van der Waals surface area (Å²) in [6, 6.07) is 3.26. The third kappa shape index (κ3) is 3.15. The molecule has 1 amide bonds. The summed E-state index contributed by atoms with van der Waals surface area (Å²) >= 11 is 0. The maximum Gasteiger partial charge on any atom is 0.250 e. The second-order valence-corrected chi connectivity index (χ2v) is 4.66. The van der Waals surface area contributed by atoms with Crippen molar-refractivity contribution in [1.82, 2.24) is 4.90 Å². The Bertz CT molecular complexity index is 470. The summed E-state index contributed by atoms with van der Waals surface area (Å²) in [4.78, 5) is 13.6. The zero-order chi connectivity index (χ0) is 13.8. The van der Waals surface area contributed by atoms with Crippen LogP contribution in [0.4, 0.5) is 11.4 Å². The average molecular weight is 264 g/mol. The van der Waals surface area contributed by atoms with Crippen molar-refractivity contribution < 1.29 is 9.53 Å². The quantitative estimate of drug-likeness (QED) is 0.654. The molecule has 0 saturated carbocycles. The summed E-state index contributed by atoms with van der Waals surface area (Å²) in [5, 5.41) is 0. The first kappa shape index (κ1) is 13.6. The van der Waals surface area contributed by atoms with Crippen molar-refractivity contribution in [1.29, 1.82) is 0 Å². The van der Waals surface area contributed by atoms with Crippen molar-refractivity contribution in [3.05, 3.63) is 23.3 Å². The highest BCUT2D eigenvalue weighted by Gasteiger charge is 2.15. The van der Waals surface area contributed by atoms with Gasteiger partial charge in [0.15, 0.2) is 0 Å². The number of nitrogens with zero attached hydrogens (tertiary/aromatic N) is 1. The third-order valence-electron chi connectivity index (χ3n) is 3.44. The lowest BCUT2D eigenvalue weighted by Crippen LogP contribution is -2.37. The Hall–Kier alpha value is -1.79. The maximum atomic E-state index is 11.3. The molecule has 0 bridgehead atoms. The van der Waals surface area contributed by atoms with Crippen molar-refractivity contribution in [3.63, 3.8) is 0 Å². The number of anilines is 2. The minimum absolute atomic E-state index is 0.339. The van der Waals surface area contributed by atoms with Crippen LogP contribution < -0.4 is 17.2 Å². The first-order chi connectivity index (χ1) is 9.09. The number of primary amides is 1. The molecule has 0 aromatic heterocycles. The summed E-state index contributed by atoms with van der Waals surface area (Å²) in [5.41, 5.74) is 19.4. The molecule has 0 radical (unpaired) electrons. The van der Waals surface area contributed by atoms with E-state index in [1.165, 1.54) is 0 Å². The minimum atomic E-state index is -0.523. The number of carbonyl (C=O) groups excluding carboxylic acids is 1. The highest BCUT2D eigenvalue weighted by Crippen LogP contribution is 2.24. The molecular formula is C13H20N4O2. The second-order valence-electron chi connectivity index (χ2n) is 4.66. The molecule has 6 heteroatoms. The molecule has 0 aliphatic carbocycles. The van der Waals surface area contributed by atoms with Crippen LogP contribution in [0.15, 0.2) is 12.1 Å². The van der Waals surface area contributed by atoms with Gasteiger partial charge in [-0.15, -0.1) is 0 Å². The number of carbonyl (C=O) groups is 1. The maximum absolute atomic E-state index is 11.3. The van der Waals surface area contributed by atoms with Crippen LogP contribution in [0.5, 0.6) is 0 Å². The SMILES string of the molecule is NC(=O)c1ccc(N)c(CCN2CCOCC2)c1N. The minimum Gasteiger partial charge on any atom is -0.398 e. The van der Waals surface area contributed by atoms with Crippen molar-refractivity contribution in [2.24, 2.45) is 5.73 Å². The lowest BCUT2D eigenvalue weighted by Gasteiger charge is -2.27. The summed E-state index contributed by atoms with van der Waals surface area (Å²) in [6.07, 6.45) is 0.707. The Morgan fingerprint density at radius 1 is 1.26 bits per heavy atom. The Labute approximate surface area is 112 Å². The van der Waals surface area contributed by atoms with E-state index < -0.39 is 5.91 Å². The number of benzene rings is 1. The van der Waals surface area contributed by atoms with Crippen LogP contribution in [0, 0.1) is 0 Å². The van der Waals surface area contributed by atoms with E-state index in [0.717, 1.165) is 38.4 Å². The van der Waals surface area contributed by atoms with E-state index in [0.29, 0.717) is 23.4 Å². The number of rotatable bonds is 4. The number of nitrogen functional groups attached to an aromatic ring is 2. The van der Waals surface area contributed by atoms with Crippen LogP contribution in [0.2, 0.25) is 0 Å². The van der Waals surface area contributed by atoms with Crippen molar-refractivity contribution in [3.8, 4) is 0 Å². The third-order valence-corrected chi connectivity index (χ3v) is 3.44. The largest absolute Gasteiger partial charge is 0.398 e. The molecule has 6 nitrogen and oxygen atoms in total. The number of nitrogens with two attached hydrogens (primary N) is 3. The van der Waals surface area contributed by atoms with E-state index in [4.69, 9.17) is 21.9 Å². The van der Waals surface area contributed by atoms with E-state index in [9.17, 15) is 4.79 Å². The number of hydrogen-bond donors (Lipinski definition) is 3. The predicted molar refractivity (Wildman–Crippen MR) is 74.7 cm³/mol. The molecule has 6 N–H and O–H groups in total. The number of amides is 1. The van der Waals surface area contributed by atoms with E-state index >= 15 is 0 Å². The molecule has 104 valence electrons. The highest BCUT2D eigenvalue weighted by atomic mass is 16.5. The Morgan fingerprint density at radius 2 is 1.95 bits per heavy atom. The van der Waals surface area contributed by atoms with Crippen LogP contribution in [-0.2, 0) is 11.2 Å². The topological polar surface area (TPSA) is 108 Å². The van der Waals surface area contributed by atoms with Gasteiger partial charge in [-0.3, -0.25) is 9.69 Å². The van der Waals surface area contributed by atoms with Crippen LogP contribution >= 0.6 is 0 Å². The molecule has 1 heterocycles. The fourth-order valence-corrected chi connectivity index (χ4v) is 2.27. The normalized spacial score (nSPS) is 16.4. The Kier molecular flexibility index (Phi) is 4.24. The number of hydrogen-bond acceptors (Lipinski definition) is 5. The van der Waals surface area contributed by atoms with Gasteiger partial charge in [0.25, 0.3) is 5.91 Å². The molecule has 1 aromatic rings. The van der Waals surface area contributed by atoms with Gasteiger partial charge in [0.2, 0.25) is 0 Å². The van der Waals surface area contributed by atoms with Gasteiger partial charge in [0.1, 0.15) is 0 Å². The smallest absolute Gasteiger partial charge is 0.250 e. The molecule has 1 saturated heterocycles. The van der Waals surface area contributed by atoms with Crippen LogP contribution in [0.1, 0.15) is 15.9 Å². The predicted octanol–water partition coefficient (Wildman–Crippen LogP) is -0.175. The van der Waals surface area contributed by atoms with Crippen LogP contribution in [0.25, 0.3) is 0 Å². The molecule has 0 atom stereocenters. The molecule has 0 spiro atoms. The lowest BCUT2D eigenvalue weighted by atomic mass is 10.0. The second kappa shape index (κ2) is 5.90.